The molecule has 1 aromatic carbocycles. The Morgan fingerprint density at radius 1 is 1.24 bits per heavy atom. The molecule has 0 radical (unpaired) electrons. The number of aromatic nitrogens is 1. The van der Waals surface area contributed by atoms with E-state index in [-0.39, 0.29) is 17.7 Å². The Balaban J connectivity index is 1.32. The van der Waals surface area contributed by atoms with Crippen molar-refractivity contribution in [2.45, 2.75) is 56.4 Å². The van der Waals surface area contributed by atoms with Crippen LogP contribution < -0.4 is 5.32 Å². The maximum atomic E-state index is 12.9. The van der Waals surface area contributed by atoms with Gasteiger partial charge in [-0.15, -0.1) is 11.3 Å². The molecule has 2 fully saturated rings. The number of benzene rings is 1. The third-order valence-electron chi connectivity index (χ3n) is 5.92. The van der Waals surface area contributed by atoms with Crippen molar-refractivity contribution < 1.29 is 13.2 Å². The van der Waals surface area contributed by atoms with Gasteiger partial charge in [0.1, 0.15) is 0 Å². The van der Waals surface area contributed by atoms with Crippen LogP contribution in [0, 0.1) is 12.8 Å². The van der Waals surface area contributed by atoms with Gasteiger partial charge in [-0.2, -0.15) is 4.31 Å². The van der Waals surface area contributed by atoms with E-state index < -0.39 is 10.0 Å². The lowest BCUT2D eigenvalue weighted by atomic mass is 9.85. The van der Waals surface area contributed by atoms with Crippen LogP contribution in [0.15, 0.2) is 34.5 Å². The first-order chi connectivity index (χ1) is 13.9. The van der Waals surface area contributed by atoms with Gasteiger partial charge in [0.2, 0.25) is 15.9 Å². The van der Waals surface area contributed by atoms with Gasteiger partial charge in [-0.1, -0.05) is 18.6 Å². The number of hydrogen-bond acceptors (Lipinski definition) is 5. The molecule has 0 spiro atoms. The quantitative estimate of drug-likeness (QED) is 0.757. The number of piperidine rings is 1. The van der Waals surface area contributed by atoms with Crippen molar-refractivity contribution in [3.63, 3.8) is 0 Å². The summed E-state index contributed by atoms with van der Waals surface area (Å²) in [7, 11) is -3.44. The molecule has 1 N–H and O–H groups in total. The maximum Gasteiger partial charge on any atom is 0.243 e. The minimum atomic E-state index is -3.44. The van der Waals surface area contributed by atoms with Gasteiger partial charge in [0, 0.05) is 30.3 Å². The zero-order valence-electron chi connectivity index (χ0n) is 16.6. The van der Waals surface area contributed by atoms with E-state index in [1.165, 1.54) is 0 Å². The minimum absolute atomic E-state index is 0.139. The standard InChI is InChI=1S/C21H27N3O3S2/c1-15-4-2-7-19(12-15)29(26,27)24-10-8-17(9-11-24)21-23-18(14-28-21)13-22-20(25)16-5-3-6-16/h2,4,7,12,14,16-17H,3,5-6,8-11,13H2,1H3,(H,22,25). The van der Waals surface area contributed by atoms with Crippen molar-refractivity contribution in [3.8, 4) is 0 Å². The van der Waals surface area contributed by atoms with Crippen LogP contribution in [0.3, 0.4) is 0 Å². The Bertz CT molecular complexity index is 975. The second-order valence-electron chi connectivity index (χ2n) is 8.02. The van der Waals surface area contributed by atoms with E-state index >= 15 is 0 Å². The average molecular weight is 434 g/mol. The Morgan fingerprint density at radius 3 is 2.66 bits per heavy atom. The fourth-order valence-electron chi connectivity index (χ4n) is 3.85. The first kappa shape index (κ1) is 20.5. The van der Waals surface area contributed by atoms with Crippen LogP contribution in [0.5, 0.6) is 0 Å². The van der Waals surface area contributed by atoms with E-state index in [0.717, 1.165) is 48.4 Å². The Labute approximate surface area is 176 Å². The fourth-order valence-corrected chi connectivity index (χ4v) is 6.42. The first-order valence-corrected chi connectivity index (χ1v) is 12.5. The molecule has 29 heavy (non-hydrogen) atoms. The van der Waals surface area contributed by atoms with Gasteiger partial charge in [0.25, 0.3) is 0 Å². The van der Waals surface area contributed by atoms with Gasteiger partial charge >= 0.3 is 0 Å². The van der Waals surface area contributed by atoms with Gasteiger partial charge in [0.15, 0.2) is 0 Å². The summed E-state index contributed by atoms with van der Waals surface area (Å²) in [6.45, 7) is 3.40. The summed E-state index contributed by atoms with van der Waals surface area (Å²) in [5.74, 6) is 0.605. The summed E-state index contributed by atoms with van der Waals surface area (Å²) in [6, 6.07) is 7.08. The monoisotopic (exact) mass is 433 g/mol. The second-order valence-corrected chi connectivity index (χ2v) is 10.8. The highest BCUT2D eigenvalue weighted by Crippen LogP contribution is 2.32. The SMILES string of the molecule is Cc1cccc(S(=O)(=O)N2CCC(c3nc(CNC(=O)C4CCC4)cs3)CC2)c1. The molecule has 0 bridgehead atoms. The predicted molar refractivity (Wildman–Crippen MR) is 113 cm³/mol. The zero-order chi connectivity index (χ0) is 20.4. The number of amides is 1. The molecule has 6 nitrogen and oxygen atoms in total. The summed E-state index contributed by atoms with van der Waals surface area (Å²) in [6.07, 6.45) is 4.69. The van der Waals surface area contributed by atoms with Crippen molar-refractivity contribution in [2.75, 3.05) is 13.1 Å². The van der Waals surface area contributed by atoms with Crippen LogP contribution in [-0.4, -0.2) is 36.7 Å². The summed E-state index contributed by atoms with van der Waals surface area (Å²) < 4.78 is 27.4. The largest absolute Gasteiger partial charge is 0.350 e. The van der Waals surface area contributed by atoms with Crippen LogP contribution in [0.2, 0.25) is 0 Å². The van der Waals surface area contributed by atoms with Crippen LogP contribution in [0.1, 0.15) is 54.3 Å². The van der Waals surface area contributed by atoms with Crippen LogP contribution >= 0.6 is 11.3 Å². The lowest BCUT2D eigenvalue weighted by molar-refractivity contribution is -0.127. The maximum absolute atomic E-state index is 12.9. The lowest BCUT2D eigenvalue weighted by Crippen LogP contribution is -2.37. The van der Waals surface area contributed by atoms with E-state index in [1.54, 1.807) is 33.8 Å². The summed E-state index contributed by atoms with van der Waals surface area (Å²) in [5, 5.41) is 6.04. The van der Waals surface area contributed by atoms with Crippen LogP contribution in [-0.2, 0) is 21.4 Å². The number of sulfonamides is 1. The Morgan fingerprint density at radius 2 is 2.00 bits per heavy atom. The number of rotatable bonds is 6. The third-order valence-corrected chi connectivity index (χ3v) is 8.87. The van der Waals surface area contributed by atoms with E-state index in [9.17, 15) is 13.2 Å². The zero-order valence-corrected chi connectivity index (χ0v) is 18.3. The third kappa shape index (κ3) is 4.54. The molecule has 0 atom stereocenters. The number of nitrogens with one attached hydrogen (secondary N) is 1. The number of nitrogens with zero attached hydrogens (tertiary/aromatic N) is 2. The Kier molecular flexibility index (Phi) is 6.03. The number of thiazole rings is 1. The molecule has 2 aliphatic rings. The van der Waals surface area contributed by atoms with Gasteiger partial charge < -0.3 is 5.32 Å². The highest BCUT2D eigenvalue weighted by atomic mass is 32.2. The van der Waals surface area contributed by atoms with Gasteiger partial charge in [-0.3, -0.25) is 4.79 Å². The van der Waals surface area contributed by atoms with Crippen LogP contribution in [0.4, 0.5) is 0 Å². The lowest BCUT2D eigenvalue weighted by Gasteiger charge is -2.30. The first-order valence-electron chi connectivity index (χ1n) is 10.2. The molecule has 2 heterocycles. The molecule has 1 amide bonds. The molecule has 1 saturated carbocycles. The minimum Gasteiger partial charge on any atom is -0.350 e. The molecular weight excluding hydrogens is 406 g/mol. The van der Waals surface area contributed by atoms with Crippen molar-refractivity contribution in [1.29, 1.82) is 0 Å². The molecule has 156 valence electrons. The van der Waals surface area contributed by atoms with Gasteiger partial charge in [-0.25, -0.2) is 13.4 Å². The number of carbonyl (C=O) groups is 1. The van der Waals surface area contributed by atoms with Crippen molar-refractivity contribution >= 4 is 27.3 Å². The topological polar surface area (TPSA) is 79.4 Å². The van der Waals surface area contributed by atoms with E-state index in [2.05, 4.69) is 5.32 Å². The van der Waals surface area contributed by atoms with Crippen LogP contribution in [0.25, 0.3) is 0 Å². The molecule has 8 heteroatoms. The molecule has 0 unspecified atom stereocenters. The highest BCUT2D eigenvalue weighted by molar-refractivity contribution is 7.89. The number of carbonyl (C=O) groups excluding carboxylic acids is 1. The smallest absolute Gasteiger partial charge is 0.243 e. The van der Waals surface area contributed by atoms with E-state index in [1.807, 2.05) is 18.4 Å². The van der Waals surface area contributed by atoms with Crippen molar-refractivity contribution in [2.24, 2.45) is 5.92 Å². The summed E-state index contributed by atoms with van der Waals surface area (Å²) in [4.78, 5) is 17.0. The molecule has 1 aliphatic carbocycles. The molecule has 4 rings (SSSR count). The van der Waals surface area contributed by atoms with Crippen molar-refractivity contribution in [1.82, 2.24) is 14.6 Å². The molecule has 2 aromatic rings. The summed E-state index contributed by atoms with van der Waals surface area (Å²) >= 11 is 1.61. The Hall–Kier alpha value is -1.77. The van der Waals surface area contributed by atoms with Gasteiger partial charge in [-0.05, 0) is 50.3 Å². The molecular formula is C21H27N3O3S2. The van der Waals surface area contributed by atoms with E-state index in [0.29, 0.717) is 24.5 Å². The van der Waals surface area contributed by atoms with Crippen molar-refractivity contribution in [3.05, 3.63) is 45.9 Å². The average Bonchev–Trinajstić information content (AvgIpc) is 3.14. The molecule has 1 aromatic heterocycles. The highest BCUT2D eigenvalue weighted by Gasteiger charge is 2.31. The fraction of sp³-hybridized carbons (Fsp3) is 0.524. The predicted octanol–water partition coefficient (Wildman–Crippen LogP) is 3.44. The number of hydrogen-bond donors (Lipinski definition) is 1. The van der Waals surface area contributed by atoms with Gasteiger partial charge in [0.05, 0.1) is 22.1 Å². The number of aryl methyl sites for hydroxylation is 1. The summed E-state index contributed by atoms with van der Waals surface area (Å²) in [5.41, 5.74) is 1.84. The normalized spacial score (nSPS) is 19.1. The molecule has 1 aliphatic heterocycles. The second kappa shape index (κ2) is 8.53. The molecule has 1 saturated heterocycles. The van der Waals surface area contributed by atoms with E-state index in [4.69, 9.17) is 4.98 Å².